The summed E-state index contributed by atoms with van der Waals surface area (Å²) in [5.41, 5.74) is 2.51. The zero-order valence-corrected chi connectivity index (χ0v) is 17.2. The zero-order chi connectivity index (χ0) is 19.7. The predicted octanol–water partition coefficient (Wildman–Crippen LogP) is 3.73. The third kappa shape index (κ3) is 3.53. The molecule has 4 rings (SSSR count). The van der Waals surface area contributed by atoms with E-state index >= 15 is 0 Å². The van der Waals surface area contributed by atoms with Gasteiger partial charge in [0.1, 0.15) is 0 Å². The van der Waals surface area contributed by atoms with E-state index in [1.165, 1.54) is 0 Å². The summed E-state index contributed by atoms with van der Waals surface area (Å²) in [6.45, 7) is 2.00. The average Bonchev–Trinajstić information content (AvgIpc) is 3.24. The summed E-state index contributed by atoms with van der Waals surface area (Å²) in [7, 11) is 3.16. The number of hydrogen-bond acceptors (Lipinski definition) is 6. The Morgan fingerprint density at radius 1 is 1.29 bits per heavy atom. The third-order valence-electron chi connectivity index (χ3n) is 4.87. The van der Waals surface area contributed by atoms with Gasteiger partial charge in [0.15, 0.2) is 17.3 Å². The molecule has 0 unspecified atom stereocenters. The molecule has 0 atom stereocenters. The van der Waals surface area contributed by atoms with E-state index in [0.29, 0.717) is 41.9 Å². The van der Waals surface area contributed by atoms with Crippen molar-refractivity contribution in [2.24, 2.45) is 0 Å². The van der Waals surface area contributed by atoms with Crippen LogP contribution in [0.3, 0.4) is 0 Å². The van der Waals surface area contributed by atoms with Crippen LogP contribution in [0.2, 0.25) is 5.02 Å². The summed E-state index contributed by atoms with van der Waals surface area (Å²) in [4.78, 5) is 23.3. The van der Waals surface area contributed by atoms with E-state index in [1.54, 1.807) is 25.6 Å². The Bertz CT molecular complexity index is 1050. The number of methoxy groups -OCH3 is 2. The maximum Gasteiger partial charge on any atom is 0.254 e. The van der Waals surface area contributed by atoms with Crippen LogP contribution in [-0.4, -0.2) is 35.6 Å². The van der Waals surface area contributed by atoms with Crippen molar-refractivity contribution >= 4 is 22.9 Å². The van der Waals surface area contributed by atoms with Crippen LogP contribution in [0.4, 0.5) is 0 Å². The first kappa shape index (κ1) is 19.0. The number of aromatic nitrogens is 2. The molecule has 0 bridgehead atoms. The molecule has 0 fully saturated rings. The normalized spacial score (nSPS) is 14.0. The Labute approximate surface area is 171 Å². The van der Waals surface area contributed by atoms with Gasteiger partial charge in [0, 0.05) is 25.2 Å². The van der Waals surface area contributed by atoms with Crippen LogP contribution in [0.1, 0.15) is 16.8 Å². The van der Waals surface area contributed by atoms with Crippen LogP contribution < -0.4 is 15.0 Å². The van der Waals surface area contributed by atoms with Crippen molar-refractivity contribution in [3.05, 3.63) is 61.8 Å². The highest BCUT2D eigenvalue weighted by atomic mass is 35.5. The molecule has 8 heteroatoms. The highest BCUT2D eigenvalue weighted by Crippen LogP contribution is 2.38. The molecule has 0 amide bonds. The van der Waals surface area contributed by atoms with Crippen molar-refractivity contribution in [2.75, 3.05) is 20.8 Å². The van der Waals surface area contributed by atoms with Crippen LogP contribution in [0.25, 0.3) is 10.7 Å². The van der Waals surface area contributed by atoms with E-state index in [-0.39, 0.29) is 5.56 Å². The van der Waals surface area contributed by atoms with Crippen molar-refractivity contribution in [3.8, 4) is 22.2 Å². The first-order valence-electron chi connectivity index (χ1n) is 8.88. The van der Waals surface area contributed by atoms with E-state index in [9.17, 15) is 4.79 Å². The van der Waals surface area contributed by atoms with Crippen LogP contribution >= 0.6 is 22.9 Å². The monoisotopic (exact) mass is 417 g/mol. The molecule has 0 saturated carbocycles. The fourth-order valence-electron chi connectivity index (χ4n) is 3.45. The number of benzene rings is 1. The molecule has 1 aliphatic heterocycles. The van der Waals surface area contributed by atoms with E-state index in [2.05, 4.69) is 9.88 Å². The van der Waals surface area contributed by atoms with Crippen LogP contribution in [0.15, 0.2) is 34.4 Å². The zero-order valence-electron chi connectivity index (χ0n) is 15.6. The van der Waals surface area contributed by atoms with Gasteiger partial charge in [0.25, 0.3) is 5.56 Å². The van der Waals surface area contributed by atoms with Crippen molar-refractivity contribution in [1.82, 2.24) is 14.9 Å². The molecule has 0 aliphatic carbocycles. The van der Waals surface area contributed by atoms with Gasteiger partial charge in [-0.1, -0.05) is 23.7 Å². The molecule has 6 nitrogen and oxygen atoms in total. The largest absolute Gasteiger partial charge is 0.493 e. The van der Waals surface area contributed by atoms with Gasteiger partial charge in [-0.15, -0.1) is 11.3 Å². The summed E-state index contributed by atoms with van der Waals surface area (Å²) >= 11 is 8.09. The van der Waals surface area contributed by atoms with Gasteiger partial charge in [-0.05, 0) is 29.5 Å². The molecule has 1 N–H and O–H groups in total. The van der Waals surface area contributed by atoms with Crippen molar-refractivity contribution in [3.63, 3.8) is 0 Å². The van der Waals surface area contributed by atoms with Gasteiger partial charge in [-0.3, -0.25) is 9.69 Å². The molecule has 0 saturated heterocycles. The van der Waals surface area contributed by atoms with Crippen molar-refractivity contribution in [2.45, 2.75) is 19.5 Å². The molecular weight excluding hydrogens is 398 g/mol. The summed E-state index contributed by atoms with van der Waals surface area (Å²) < 4.78 is 10.7. The molecule has 146 valence electrons. The summed E-state index contributed by atoms with van der Waals surface area (Å²) in [6.07, 6.45) is 0.660. The van der Waals surface area contributed by atoms with Crippen LogP contribution in [0, 0.1) is 0 Å². The second kappa shape index (κ2) is 7.95. The Morgan fingerprint density at radius 2 is 2.14 bits per heavy atom. The number of aromatic amines is 1. The van der Waals surface area contributed by atoms with Crippen LogP contribution in [-0.2, 0) is 19.5 Å². The highest BCUT2D eigenvalue weighted by Gasteiger charge is 2.23. The third-order valence-corrected chi connectivity index (χ3v) is 6.16. The Hall–Kier alpha value is -2.35. The number of ether oxygens (including phenoxy) is 2. The maximum atomic E-state index is 12.5. The minimum atomic E-state index is -0.0443. The first-order chi connectivity index (χ1) is 13.6. The second-order valence-electron chi connectivity index (χ2n) is 6.55. The highest BCUT2D eigenvalue weighted by molar-refractivity contribution is 7.13. The lowest BCUT2D eigenvalue weighted by atomic mass is 10.1. The summed E-state index contributed by atoms with van der Waals surface area (Å²) in [6, 6.07) is 7.71. The molecule has 2 aromatic heterocycles. The van der Waals surface area contributed by atoms with Gasteiger partial charge in [-0.2, -0.15) is 0 Å². The maximum absolute atomic E-state index is 12.5. The Balaban J connectivity index is 1.60. The quantitative estimate of drug-likeness (QED) is 0.685. The first-order valence-corrected chi connectivity index (χ1v) is 10.1. The minimum Gasteiger partial charge on any atom is -0.493 e. The SMILES string of the molecule is COc1ccc(CN2CCc3c(nc(-c4cccs4)[nH]c3=O)C2)c(Cl)c1OC. The van der Waals surface area contributed by atoms with Crippen LogP contribution in [0.5, 0.6) is 11.5 Å². The smallest absolute Gasteiger partial charge is 0.254 e. The number of rotatable bonds is 5. The Morgan fingerprint density at radius 3 is 2.86 bits per heavy atom. The number of hydrogen-bond donors (Lipinski definition) is 1. The topological polar surface area (TPSA) is 67.5 Å². The molecule has 1 aliphatic rings. The molecular formula is C20H20ClN3O3S. The van der Waals surface area contributed by atoms with Gasteiger partial charge in [0.2, 0.25) is 0 Å². The van der Waals surface area contributed by atoms with Crippen molar-refractivity contribution < 1.29 is 9.47 Å². The van der Waals surface area contributed by atoms with E-state index in [1.807, 2.05) is 29.6 Å². The van der Waals surface area contributed by atoms with Crippen molar-refractivity contribution in [1.29, 1.82) is 0 Å². The second-order valence-corrected chi connectivity index (χ2v) is 7.88. The lowest BCUT2D eigenvalue weighted by Crippen LogP contribution is -2.35. The summed E-state index contributed by atoms with van der Waals surface area (Å²) in [5.74, 6) is 1.77. The molecule has 1 aromatic carbocycles. The lowest BCUT2D eigenvalue weighted by molar-refractivity contribution is 0.240. The molecule has 3 heterocycles. The average molecular weight is 418 g/mol. The molecule has 0 spiro atoms. The van der Waals surface area contributed by atoms with E-state index in [0.717, 1.165) is 28.2 Å². The summed E-state index contributed by atoms with van der Waals surface area (Å²) in [5, 5.41) is 2.52. The van der Waals surface area contributed by atoms with Gasteiger partial charge in [-0.25, -0.2) is 4.98 Å². The van der Waals surface area contributed by atoms with E-state index in [4.69, 9.17) is 26.1 Å². The number of thiophene rings is 1. The van der Waals surface area contributed by atoms with Gasteiger partial charge < -0.3 is 14.5 Å². The standard InChI is InChI=1S/C20H20ClN3O3S/c1-26-15-6-5-12(17(21)18(15)27-2)10-24-8-7-13-14(11-24)22-19(23-20(13)25)16-4-3-9-28-16/h3-6,9H,7-8,10-11H2,1-2H3,(H,22,23,25). The lowest BCUT2D eigenvalue weighted by Gasteiger charge is -2.28. The Kier molecular flexibility index (Phi) is 5.39. The molecule has 0 radical (unpaired) electrons. The van der Waals surface area contributed by atoms with Gasteiger partial charge in [0.05, 0.1) is 29.8 Å². The predicted molar refractivity (Wildman–Crippen MR) is 111 cm³/mol. The molecule has 3 aromatic rings. The minimum absolute atomic E-state index is 0.0443. The number of H-pyrrole nitrogens is 1. The number of nitrogens with one attached hydrogen (secondary N) is 1. The van der Waals surface area contributed by atoms with Gasteiger partial charge >= 0.3 is 0 Å². The fourth-order valence-corrected chi connectivity index (χ4v) is 4.41. The number of nitrogens with zero attached hydrogens (tertiary/aromatic N) is 2. The van der Waals surface area contributed by atoms with E-state index < -0.39 is 0 Å². The number of halogens is 1. The molecule has 28 heavy (non-hydrogen) atoms. The fraction of sp³-hybridized carbons (Fsp3) is 0.300. The number of fused-ring (bicyclic) bond motifs is 1.